The number of amides is 1. The topological polar surface area (TPSA) is 32.3 Å². The van der Waals surface area contributed by atoms with Crippen molar-refractivity contribution in [2.45, 2.75) is 80.6 Å². The van der Waals surface area contributed by atoms with Crippen LogP contribution in [0.5, 0.6) is 0 Å². The van der Waals surface area contributed by atoms with Gasteiger partial charge >= 0.3 is 0 Å². The quantitative estimate of drug-likeness (QED) is 0.239. The molecule has 0 heterocycles. The van der Waals surface area contributed by atoms with Crippen molar-refractivity contribution < 1.29 is 4.79 Å². The van der Waals surface area contributed by atoms with Gasteiger partial charge < -0.3 is 10.2 Å². The van der Waals surface area contributed by atoms with Crippen molar-refractivity contribution >= 4 is 5.91 Å². The molecule has 0 spiro atoms. The minimum Gasteiger partial charge on any atom is -0.330 e. The van der Waals surface area contributed by atoms with Gasteiger partial charge in [-0.1, -0.05) is 67.0 Å². The number of hydrogen-bond acceptors (Lipinski definition) is 2. The SMILES string of the molecule is C=CC(C)(C(=C)/C=C(\C)NC(=O)CCCN(CC)CCCCC)C(C)(C)C. The Morgan fingerprint density at radius 2 is 1.67 bits per heavy atom. The van der Waals surface area contributed by atoms with Crippen LogP contribution >= 0.6 is 0 Å². The van der Waals surface area contributed by atoms with E-state index in [2.05, 4.69) is 64.9 Å². The van der Waals surface area contributed by atoms with Crippen molar-refractivity contribution in [2.24, 2.45) is 10.8 Å². The van der Waals surface area contributed by atoms with E-state index in [1.165, 1.54) is 19.3 Å². The van der Waals surface area contributed by atoms with Gasteiger partial charge in [-0.3, -0.25) is 4.79 Å². The molecule has 0 aromatic rings. The molecule has 0 saturated heterocycles. The normalized spacial score (nSPS) is 14.7. The second kappa shape index (κ2) is 12.2. The molecule has 0 aliphatic carbocycles. The van der Waals surface area contributed by atoms with Crippen LogP contribution in [0, 0.1) is 10.8 Å². The van der Waals surface area contributed by atoms with E-state index in [1.54, 1.807) is 0 Å². The molecule has 1 N–H and O–H groups in total. The van der Waals surface area contributed by atoms with Crippen molar-refractivity contribution in [2.75, 3.05) is 19.6 Å². The van der Waals surface area contributed by atoms with Gasteiger partial charge in [0.05, 0.1) is 0 Å². The van der Waals surface area contributed by atoms with Crippen LogP contribution in [0.15, 0.2) is 36.6 Å². The summed E-state index contributed by atoms with van der Waals surface area (Å²) in [7, 11) is 0. The standard InChI is InChI=1S/C24H44N2O/c1-10-13-14-17-26(12-3)18-15-16-22(27)25-21(5)19-20(4)24(9,11-2)23(6,7)8/h11,19H,2,4,10,12-18H2,1,3,5-9H3,(H,25,27)/b21-19+. The summed E-state index contributed by atoms with van der Waals surface area (Å²) in [6.07, 6.45) is 9.16. The summed E-state index contributed by atoms with van der Waals surface area (Å²) in [6.45, 7) is 26.5. The van der Waals surface area contributed by atoms with Crippen LogP contribution in [0.25, 0.3) is 0 Å². The van der Waals surface area contributed by atoms with Gasteiger partial charge in [0.25, 0.3) is 0 Å². The maximum atomic E-state index is 12.3. The molecule has 27 heavy (non-hydrogen) atoms. The molecule has 0 aliphatic heterocycles. The summed E-state index contributed by atoms with van der Waals surface area (Å²) in [5.74, 6) is 0.0808. The van der Waals surface area contributed by atoms with Gasteiger partial charge in [0.1, 0.15) is 0 Å². The zero-order valence-corrected chi connectivity index (χ0v) is 19.1. The molecule has 0 fully saturated rings. The van der Waals surface area contributed by atoms with Gasteiger partial charge in [0, 0.05) is 17.5 Å². The smallest absolute Gasteiger partial charge is 0.224 e. The highest BCUT2D eigenvalue weighted by Gasteiger charge is 2.36. The molecule has 0 aromatic carbocycles. The van der Waals surface area contributed by atoms with Gasteiger partial charge in [-0.05, 0) is 56.5 Å². The number of unbranched alkanes of at least 4 members (excludes halogenated alkanes) is 2. The Hall–Kier alpha value is -1.35. The summed E-state index contributed by atoms with van der Waals surface area (Å²) in [5, 5.41) is 3.01. The van der Waals surface area contributed by atoms with Crippen molar-refractivity contribution in [3.63, 3.8) is 0 Å². The van der Waals surface area contributed by atoms with Crippen LogP contribution in [0.4, 0.5) is 0 Å². The number of nitrogens with one attached hydrogen (secondary N) is 1. The first-order chi connectivity index (χ1) is 12.5. The van der Waals surface area contributed by atoms with E-state index < -0.39 is 0 Å². The molecule has 0 radical (unpaired) electrons. The third kappa shape index (κ3) is 8.92. The van der Waals surface area contributed by atoms with Crippen LogP contribution in [0.1, 0.15) is 80.6 Å². The number of carbonyl (C=O) groups excluding carboxylic acids is 1. The Bertz CT molecular complexity index is 513. The summed E-state index contributed by atoms with van der Waals surface area (Å²) in [6, 6.07) is 0. The van der Waals surface area contributed by atoms with E-state index in [0.717, 1.165) is 37.3 Å². The molecule has 1 atom stereocenters. The zero-order chi connectivity index (χ0) is 21.1. The van der Waals surface area contributed by atoms with Gasteiger partial charge in [-0.15, -0.1) is 6.58 Å². The van der Waals surface area contributed by atoms with Crippen molar-refractivity contribution in [1.29, 1.82) is 0 Å². The van der Waals surface area contributed by atoms with Crippen LogP contribution < -0.4 is 5.32 Å². The van der Waals surface area contributed by atoms with Crippen molar-refractivity contribution in [3.8, 4) is 0 Å². The highest BCUT2D eigenvalue weighted by atomic mass is 16.1. The Balaban J connectivity index is 4.54. The van der Waals surface area contributed by atoms with Gasteiger partial charge in [-0.2, -0.15) is 0 Å². The number of hydrogen-bond donors (Lipinski definition) is 1. The predicted octanol–water partition coefficient (Wildman–Crippen LogP) is 6.09. The largest absolute Gasteiger partial charge is 0.330 e. The fraction of sp³-hybridized carbons (Fsp3) is 0.708. The van der Waals surface area contributed by atoms with E-state index in [4.69, 9.17) is 0 Å². The minimum atomic E-state index is -0.223. The monoisotopic (exact) mass is 376 g/mol. The predicted molar refractivity (Wildman–Crippen MR) is 120 cm³/mol. The summed E-state index contributed by atoms with van der Waals surface area (Å²) in [5.41, 5.74) is 1.60. The van der Waals surface area contributed by atoms with E-state index in [-0.39, 0.29) is 16.7 Å². The molecule has 0 rings (SSSR count). The Labute approximate surface area is 169 Å². The summed E-state index contributed by atoms with van der Waals surface area (Å²) < 4.78 is 0. The lowest BCUT2D eigenvalue weighted by atomic mass is 9.64. The lowest BCUT2D eigenvalue weighted by Crippen LogP contribution is -2.32. The minimum absolute atomic E-state index is 0.00795. The molecule has 3 nitrogen and oxygen atoms in total. The Morgan fingerprint density at radius 1 is 1.07 bits per heavy atom. The Morgan fingerprint density at radius 3 is 2.15 bits per heavy atom. The second-order valence-electron chi connectivity index (χ2n) is 8.80. The molecular weight excluding hydrogens is 332 g/mol. The molecule has 156 valence electrons. The van der Waals surface area contributed by atoms with Crippen molar-refractivity contribution in [1.82, 2.24) is 10.2 Å². The number of carbonyl (C=O) groups is 1. The molecular formula is C24H44N2O. The number of nitrogens with zero attached hydrogens (tertiary/aromatic N) is 1. The zero-order valence-electron chi connectivity index (χ0n) is 19.1. The van der Waals surface area contributed by atoms with E-state index in [1.807, 2.05) is 19.1 Å². The van der Waals surface area contributed by atoms with Gasteiger partial charge in [0.2, 0.25) is 5.91 Å². The van der Waals surface area contributed by atoms with Crippen molar-refractivity contribution in [3.05, 3.63) is 36.6 Å². The van der Waals surface area contributed by atoms with Crippen LogP contribution in [-0.4, -0.2) is 30.4 Å². The van der Waals surface area contributed by atoms with E-state index >= 15 is 0 Å². The molecule has 0 saturated carbocycles. The third-order valence-electron chi connectivity index (χ3n) is 5.76. The Kier molecular flexibility index (Phi) is 11.6. The first-order valence-corrected chi connectivity index (χ1v) is 10.5. The van der Waals surface area contributed by atoms with Gasteiger partial charge in [0.15, 0.2) is 0 Å². The molecule has 3 heteroatoms. The second-order valence-corrected chi connectivity index (χ2v) is 8.80. The maximum Gasteiger partial charge on any atom is 0.224 e. The molecule has 1 unspecified atom stereocenters. The summed E-state index contributed by atoms with van der Waals surface area (Å²) in [4.78, 5) is 14.7. The fourth-order valence-corrected chi connectivity index (χ4v) is 3.13. The maximum absolute atomic E-state index is 12.3. The van der Waals surface area contributed by atoms with Crippen LogP contribution in [0.3, 0.4) is 0 Å². The first-order valence-electron chi connectivity index (χ1n) is 10.5. The fourth-order valence-electron chi connectivity index (χ4n) is 3.13. The summed E-state index contributed by atoms with van der Waals surface area (Å²) >= 11 is 0. The molecule has 0 aliphatic rings. The average Bonchev–Trinajstić information content (AvgIpc) is 2.58. The van der Waals surface area contributed by atoms with E-state index in [0.29, 0.717) is 6.42 Å². The van der Waals surface area contributed by atoms with Crippen LogP contribution in [0.2, 0.25) is 0 Å². The molecule has 1 amide bonds. The molecule has 0 aromatic heterocycles. The number of rotatable bonds is 13. The highest BCUT2D eigenvalue weighted by molar-refractivity contribution is 5.77. The number of allylic oxidation sites excluding steroid dienone is 4. The third-order valence-corrected chi connectivity index (χ3v) is 5.76. The van der Waals surface area contributed by atoms with Crippen LogP contribution in [-0.2, 0) is 4.79 Å². The van der Waals surface area contributed by atoms with Gasteiger partial charge in [-0.25, -0.2) is 0 Å². The average molecular weight is 377 g/mol. The lowest BCUT2D eigenvalue weighted by molar-refractivity contribution is -0.120. The van der Waals surface area contributed by atoms with E-state index in [9.17, 15) is 4.79 Å². The first kappa shape index (κ1) is 25.6. The molecule has 0 bridgehead atoms. The lowest BCUT2D eigenvalue weighted by Gasteiger charge is -2.40. The highest BCUT2D eigenvalue weighted by Crippen LogP contribution is 2.45.